The Hall–Kier alpha value is -2.78. The molecule has 0 amide bonds. The highest BCUT2D eigenvalue weighted by Gasteiger charge is 2.28. The summed E-state index contributed by atoms with van der Waals surface area (Å²) in [6.07, 6.45) is 3.42. The summed E-state index contributed by atoms with van der Waals surface area (Å²) in [5.74, 6) is -0.128. The second-order valence-electron chi connectivity index (χ2n) is 4.86. The van der Waals surface area contributed by atoms with E-state index in [1.807, 2.05) is 0 Å². The molecule has 23 heavy (non-hydrogen) atoms. The highest BCUT2D eigenvalue weighted by atomic mass is 16.5. The van der Waals surface area contributed by atoms with Crippen LogP contribution >= 0.6 is 0 Å². The van der Waals surface area contributed by atoms with E-state index in [0.717, 1.165) is 0 Å². The minimum Gasteiger partial charge on any atom is -0.373 e. The molecule has 0 saturated heterocycles. The Morgan fingerprint density at radius 3 is 1.26 bits per heavy atom. The van der Waals surface area contributed by atoms with Crippen molar-refractivity contribution in [3.63, 3.8) is 0 Å². The largest absolute Gasteiger partial charge is 0.373 e. The monoisotopic (exact) mass is 306 g/mol. The topological polar surface area (TPSA) is 43.4 Å². The summed E-state index contributed by atoms with van der Waals surface area (Å²) in [5, 5.41) is 0. The molecule has 0 N–H and O–H groups in total. The van der Waals surface area contributed by atoms with Crippen molar-refractivity contribution in [2.75, 3.05) is 13.2 Å². The van der Waals surface area contributed by atoms with Gasteiger partial charge < -0.3 is 4.74 Å². The maximum Gasteiger partial charge on any atom is 0.194 e. The van der Waals surface area contributed by atoms with E-state index in [9.17, 15) is 9.59 Å². The van der Waals surface area contributed by atoms with Gasteiger partial charge in [0.05, 0.1) is 13.2 Å². The Morgan fingerprint density at radius 1 is 0.696 bits per heavy atom. The number of ketones is 2. The summed E-state index contributed by atoms with van der Waals surface area (Å²) in [7, 11) is 0. The molecule has 0 aliphatic heterocycles. The summed E-state index contributed by atoms with van der Waals surface area (Å²) < 4.78 is 4.90. The average molecular weight is 306 g/mol. The maximum atomic E-state index is 12.1. The Morgan fingerprint density at radius 2 is 1.00 bits per heavy atom. The normalized spacial score (nSPS) is 11.7. The molecule has 1 aliphatic rings. The summed E-state index contributed by atoms with van der Waals surface area (Å²) >= 11 is 0. The van der Waals surface area contributed by atoms with Gasteiger partial charge in [-0.15, -0.1) is 13.2 Å². The summed E-state index contributed by atoms with van der Waals surface area (Å²) in [6.45, 7) is 8.18. The van der Waals surface area contributed by atoms with Gasteiger partial charge in [0.25, 0.3) is 0 Å². The molecule has 0 fully saturated rings. The van der Waals surface area contributed by atoms with Crippen LogP contribution in [0.3, 0.4) is 0 Å². The third-order valence-corrected chi connectivity index (χ3v) is 3.30. The van der Waals surface area contributed by atoms with Crippen LogP contribution in [0.4, 0.5) is 0 Å². The van der Waals surface area contributed by atoms with Crippen LogP contribution in [-0.2, 0) is 4.74 Å². The van der Waals surface area contributed by atoms with Crippen molar-refractivity contribution < 1.29 is 14.3 Å². The van der Waals surface area contributed by atoms with Crippen molar-refractivity contribution in [3.8, 4) is 0 Å². The first-order chi connectivity index (χ1) is 11.2. The first kappa shape index (κ1) is 16.6. The number of fused-ring (bicyclic) bond motifs is 2. The smallest absolute Gasteiger partial charge is 0.194 e. The third-order valence-electron chi connectivity index (χ3n) is 3.30. The van der Waals surface area contributed by atoms with E-state index in [4.69, 9.17) is 4.74 Å². The molecule has 116 valence electrons. The fourth-order valence-electron chi connectivity index (χ4n) is 2.28. The minimum absolute atomic E-state index is 0.0641. The molecule has 0 heterocycles. The zero-order valence-corrected chi connectivity index (χ0v) is 12.8. The Labute approximate surface area is 135 Å². The van der Waals surface area contributed by atoms with Crippen LogP contribution < -0.4 is 0 Å². The summed E-state index contributed by atoms with van der Waals surface area (Å²) in [6, 6.07) is 13.9. The van der Waals surface area contributed by atoms with Gasteiger partial charge in [-0.2, -0.15) is 0 Å². The molecule has 3 rings (SSSR count). The zero-order chi connectivity index (χ0) is 16.7. The van der Waals surface area contributed by atoms with E-state index in [1.54, 1.807) is 60.7 Å². The molecule has 3 heteroatoms. The van der Waals surface area contributed by atoms with Crippen molar-refractivity contribution in [1.29, 1.82) is 0 Å². The first-order valence-corrected chi connectivity index (χ1v) is 7.27. The quantitative estimate of drug-likeness (QED) is 0.543. The molecule has 0 bridgehead atoms. The van der Waals surface area contributed by atoms with Gasteiger partial charge in [0.2, 0.25) is 0 Å². The lowest BCUT2D eigenvalue weighted by atomic mass is 9.84. The van der Waals surface area contributed by atoms with E-state index >= 15 is 0 Å². The zero-order valence-electron chi connectivity index (χ0n) is 12.8. The lowest BCUT2D eigenvalue weighted by Crippen LogP contribution is -2.20. The Balaban J connectivity index is 0.000000236. The van der Waals surface area contributed by atoms with Gasteiger partial charge in [0.1, 0.15) is 0 Å². The van der Waals surface area contributed by atoms with E-state index in [2.05, 4.69) is 13.2 Å². The molecule has 0 saturated carbocycles. The number of carbonyl (C=O) groups is 2. The molecule has 0 radical (unpaired) electrons. The van der Waals surface area contributed by atoms with Gasteiger partial charge in [0, 0.05) is 22.3 Å². The lowest BCUT2D eigenvalue weighted by Gasteiger charge is -2.16. The molecule has 1 aliphatic carbocycles. The summed E-state index contributed by atoms with van der Waals surface area (Å²) in [4.78, 5) is 24.2. The van der Waals surface area contributed by atoms with Crippen molar-refractivity contribution in [3.05, 3.63) is 96.1 Å². The predicted molar refractivity (Wildman–Crippen MR) is 91.0 cm³/mol. The van der Waals surface area contributed by atoms with Crippen LogP contribution in [0, 0.1) is 0 Å². The number of hydrogen-bond acceptors (Lipinski definition) is 3. The molecular formula is C20H18O3. The fourth-order valence-corrected chi connectivity index (χ4v) is 2.28. The molecule has 2 aromatic carbocycles. The van der Waals surface area contributed by atoms with Crippen molar-refractivity contribution in [2.24, 2.45) is 0 Å². The number of hydrogen-bond donors (Lipinski definition) is 0. The number of rotatable bonds is 4. The van der Waals surface area contributed by atoms with E-state index in [1.165, 1.54) is 0 Å². The van der Waals surface area contributed by atoms with E-state index < -0.39 is 0 Å². The Bertz CT molecular complexity index is 631. The van der Waals surface area contributed by atoms with E-state index in [0.29, 0.717) is 35.5 Å². The van der Waals surface area contributed by atoms with Crippen LogP contribution in [0.1, 0.15) is 31.8 Å². The first-order valence-electron chi connectivity index (χ1n) is 7.27. The van der Waals surface area contributed by atoms with Crippen molar-refractivity contribution >= 4 is 11.6 Å². The van der Waals surface area contributed by atoms with Crippen LogP contribution in [0.2, 0.25) is 0 Å². The third kappa shape index (κ3) is 3.71. The standard InChI is InChI=1S/C14H8O2.C6H10O/c15-13-9-5-1-2-6-10(9)14(16)12-8-4-3-7-11(12)13;1-3-5-7-6-4-2/h1-8H;3-4H,1-2,5-6H2. The molecule has 3 nitrogen and oxygen atoms in total. The molecule has 0 spiro atoms. The van der Waals surface area contributed by atoms with Gasteiger partial charge >= 0.3 is 0 Å². The second kappa shape index (κ2) is 8.01. The van der Waals surface area contributed by atoms with Crippen LogP contribution in [0.15, 0.2) is 73.8 Å². The van der Waals surface area contributed by atoms with Gasteiger partial charge in [-0.3, -0.25) is 9.59 Å². The predicted octanol–water partition coefficient (Wildman–Crippen LogP) is 3.84. The van der Waals surface area contributed by atoms with Crippen LogP contribution in [-0.4, -0.2) is 24.8 Å². The molecule has 0 atom stereocenters. The number of ether oxygens (including phenoxy) is 1. The molecule has 2 aromatic rings. The number of carbonyl (C=O) groups excluding carboxylic acids is 2. The van der Waals surface area contributed by atoms with Gasteiger partial charge in [-0.05, 0) is 0 Å². The van der Waals surface area contributed by atoms with Crippen molar-refractivity contribution in [2.45, 2.75) is 0 Å². The molecule has 0 aromatic heterocycles. The molecule has 0 unspecified atom stereocenters. The highest BCUT2D eigenvalue weighted by molar-refractivity contribution is 6.28. The van der Waals surface area contributed by atoms with Crippen LogP contribution in [0.5, 0.6) is 0 Å². The van der Waals surface area contributed by atoms with Gasteiger partial charge in [-0.1, -0.05) is 60.7 Å². The summed E-state index contributed by atoms with van der Waals surface area (Å²) in [5.41, 5.74) is 2.02. The minimum atomic E-state index is -0.0641. The second-order valence-corrected chi connectivity index (χ2v) is 4.86. The van der Waals surface area contributed by atoms with Gasteiger partial charge in [0.15, 0.2) is 11.6 Å². The van der Waals surface area contributed by atoms with Crippen molar-refractivity contribution in [1.82, 2.24) is 0 Å². The highest BCUT2D eigenvalue weighted by Crippen LogP contribution is 2.26. The SMILES string of the molecule is C=CCOCC=C.O=C1c2ccccc2C(=O)c2ccccc21. The lowest BCUT2D eigenvalue weighted by molar-refractivity contribution is 0.0979. The van der Waals surface area contributed by atoms with Gasteiger partial charge in [-0.25, -0.2) is 0 Å². The Kier molecular flexibility index (Phi) is 5.78. The van der Waals surface area contributed by atoms with Crippen LogP contribution in [0.25, 0.3) is 0 Å². The average Bonchev–Trinajstić information content (AvgIpc) is 2.61. The number of benzene rings is 2. The fraction of sp³-hybridized carbons (Fsp3) is 0.100. The maximum absolute atomic E-state index is 12.1. The molecular weight excluding hydrogens is 288 g/mol. The van der Waals surface area contributed by atoms with E-state index in [-0.39, 0.29) is 11.6 Å².